The third-order valence-electron chi connectivity index (χ3n) is 3.07. The normalized spacial score (nSPS) is 15.8. The van der Waals surface area contributed by atoms with Crippen molar-refractivity contribution in [3.63, 3.8) is 0 Å². The van der Waals surface area contributed by atoms with Gasteiger partial charge in [-0.3, -0.25) is 4.90 Å². The first-order valence-corrected chi connectivity index (χ1v) is 6.23. The second-order valence-corrected chi connectivity index (χ2v) is 4.91. The molecule has 0 atom stereocenters. The van der Waals surface area contributed by atoms with Crippen LogP contribution in [0, 0.1) is 11.7 Å². The molecule has 1 saturated carbocycles. The summed E-state index contributed by atoms with van der Waals surface area (Å²) in [6, 6.07) is 4.65. The van der Waals surface area contributed by atoms with E-state index in [1.807, 2.05) is 0 Å². The van der Waals surface area contributed by atoms with Crippen LogP contribution in [0.4, 0.5) is 4.39 Å². The molecule has 3 heteroatoms. The smallest absolute Gasteiger partial charge is 0.124 e. The van der Waals surface area contributed by atoms with Gasteiger partial charge in [0.25, 0.3) is 0 Å². The molecule has 88 valence electrons. The van der Waals surface area contributed by atoms with Crippen molar-refractivity contribution in [1.82, 2.24) is 4.90 Å². The second kappa shape index (κ2) is 5.15. The number of hydrogen-bond acceptors (Lipinski definition) is 1. The van der Waals surface area contributed by atoms with Crippen LogP contribution in [0.1, 0.15) is 25.3 Å². The molecule has 1 aliphatic rings. The van der Waals surface area contributed by atoms with Gasteiger partial charge in [-0.05, 0) is 43.0 Å². The molecule has 0 saturated heterocycles. The van der Waals surface area contributed by atoms with Crippen molar-refractivity contribution in [2.45, 2.75) is 26.3 Å². The minimum Gasteiger partial charge on any atom is -0.299 e. The monoisotopic (exact) mass is 241 g/mol. The number of benzene rings is 1. The summed E-state index contributed by atoms with van der Waals surface area (Å²) >= 11 is 6.02. The van der Waals surface area contributed by atoms with Gasteiger partial charge in [-0.15, -0.1) is 0 Å². The number of nitrogens with zero attached hydrogens (tertiary/aromatic N) is 1. The molecule has 1 aromatic carbocycles. The number of rotatable bonds is 5. The van der Waals surface area contributed by atoms with Gasteiger partial charge in [0.05, 0.1) is 0 Å². The van der Waals surface area contributed by atoms with E-state index in [4.69, 9.17) is 11.6 Å². The van der Waals surface area contributed by atoms with E-state index >= 15 is 0 Å². The molecular weight excluding hydrogens is 225 g/mol. The Morgan fingerprint density at radius 3 is 2.75 bits per heavy atom. The lowest BCUT2D eigenvalue weighted by Gasteiger charge is -2.20. The zero-order valence-corrected chi connectivity index (χ0v) is 10.3. The number of halogens is 2. The topological polar surface area (TPSA) is 3.24 Å². The molecule has 0 aliphatic heterocycles. The summed E-state index contributed by atoms with van der Waals surface area (Å²) < 4.78 is 12.9. The van der Waals surface area contributed by atoms with E-state index in [2.05, 4.69) is 11.8 Å². The Morgan fingerprint density at radius 2 is 2.19 bits per heavy atom. The van der Waals surface area contributed by atoms with Crippen LogP contribution in [-0.2, 0) is 6.54 Å². The summed E-state index contributed by atoms with van der Waals surface area (Å²) in [4.78, 5) is 2.37. The van der Waals surface area contributed by atoms with E-state index in [0.717, 1.165) is 31.1 Å². The van der Waals surface area contributed by atoms with Gasteiger partial charge in [0.2, 0.25) is 0 Å². The van der Waals surface area contributed by atoms with Gasteiger partial charge >= 0.3 is 0 Å². The molecule has 0 aromatic heterocycles. The molecule has 0 N–H and O–H groups in total. The SMILES string of the molecule is CCN(Cc1ccc(F)cc1Cl)CC1CC1. The van der Waals surface area contributed by atoms with Crippen molar-refractivity contribution in [3.8, 4) is 0 Å². The van der Waals surface area contributed by atoms with Gasteiger partial charge in [-0.2, -0.15) is 0 Å². The fourth-order valence-corrected chi connectivity index (χ4v) is 2.09. The largest absolute Gasteiger partial charge is 0.299 e. The fourth-order valence-electron chi connectivity index (χ4n) is 1.86. The van der Waals surface area contributed by atoms with Crippen LogP contribution >= 0.6 is 11.6 Å². The van der Waals surface area contributed by atoms with Gasteiger partial charge in [-0.25, -0.2) is 4.39 Å². The first kappa shape index (κ1) is 11.9. The quantitative estimate of drug-likeness (QED) is 0.760. The van der Waals surface area contributed by atoms with Crippen LogP contribution in [0.3, 0.4) is 0 Å². The van der Waals surface area contributed by atoms with Crippen LogP contribution in [0.2, 0.25) is 5.02 Å². The lowest BCUT2D eigenvalue weighted by atomic mass is 10.2. The first-order valence-electron chi connectivity index (χ1n) is 5.85. The van der Waals surface area contributed by atoms with Gasteiger partial charge in [-0.1, -0.05) is 24.6 Å². The highest BCUT2D eigenvalue weighted by molar-refractivity contribution is 6.31. The lowest BCUT2D eigenvalue weighted by molar-refractivity contribution is 0.268. The second-order valence-electron chi connectivity index (χ2n) is 4.51. The molecule has 16 heavy (non-hydrogen) atoms. The zero-order chi connectivity index (χ0) is 11.5. The molecule has 1 aromatic rings. The maximum absolute atomic E-state index is 12.9. The van der Waals surface area contributed by atoms with Gasteiger partial charge in [0.15, 0.2) is 0 Å². The standard InChI is InChI=1S/C13H17ClFN/c1-2-16(8-10-3-4-10)9-11-5-6-12(15)7-13(11)14/h5-7,10H,2-4,8-9H2,1H3. The first-order chi connectivity index (χ1) is 7.69. The molecule has 0 spiro atoms. The molecule has 0 radical (unpaired) electrons. The van der Waals surface area contributed by atoms with Crippen molar-refractivity contribution in [2.75, 3.05) is 13.1 Å². The Hall–Kier alpha value is -0.600. The average Bonchev–Trinajstić information content (AvgIpc) is 3.04. The van der Waals surface area contributed by atoms with Crippen molar-refractivity contribution in [3.05, 3.63) is 34.6 Å². The van der Waals surface area contributed by atoms with Crippen LogP contribution < -0.4 is 0 Å². The summed E-state index contributed by atoms with van der Waals surface area (Å²) in [5.74, 6) is 0.609. The third-order valence-corrected chi connectivity index (χ3v) is 3.42. The Labute approximate surface area is 101 Å². The Morgan fingerprint density at radius 1 is 1.44 bits per heavy atom. The summed E-state index contributed by atoms with van der Waals surface area (Å²) in [5.41, 5.74) is 1.02. The van der Waals surface area contributed by atoms with Gasteiger partial charge in [0, 0.05) is 18.1 Å². The van der Waals surface area contributed by atoms with Gasteiger partial charge in [0.1, 0.15) is 5.82 Å². The van der Waals surface area contributed by atoms with E-state index in [-0.39, 0.29) is 5.82 Å². The highest BCUT2D eigenvalue weighted by Gasteiger charge is 2.23. The summed E-state index contributed by atoms with van der Waals surface area (Å²) in [6.45, 7) is 5.14. The van der Waals surface area contributed by atoms with Crippen molar-refractivity contribution in [1.29, 1.82) is 0 Å². The van der Waals surface area contributed by atoms with E-state index < -0.39 is 0 Å². The summed E-state index contributed by atoms with van der Waals surface area (Å²) in [7, 11) is 0. The predicted molar refractivity (Wildman–Crippen MR) is 65.1 cm³/mol. The maximum atomic E-state index is 12.9. The minimum absolute atomic E-state index is 0.265. The Kier molecular flexibility index (Phi) is 3.82. The predicted octanol–water partition coefficient (Wildman–Crippen LogP) is 3.71. The van der Waals surface area contributed by atoms with Crippen LogP contribution in [0.5, 0.6) is 0 Å². The molecule has 1 nitrogen and oxygen atoms in total. The van der Waals surface area contributed by atoms with Crippen molar-refractivity contribution < 1.29 is 4.39 Å². The molecule has 2 rings (SSSR count). The molecular formula is C13H17ClFN. The number of hydrogen-bond donors (Lipinski definition) is 0. The molecule has 0 bridgehead atoms. The summed E-state index contributed by atoms with van der Waals surface area (Å²) in [6.07, 6.45) is 2.71. The highest BCUT2D eigenvalue weighted by atomic mass is 35.5. The molecule has 1 aliphatic carbocycles. The van der Waals surface area contributed by atoms with Crippen LogP contribution in [-0.4, -0.2) is 18.0 Å². The lowest BCUT2D eigenvalue weighted by Crippen LogP contribution is -2.25. The molecule has 0 amide bonds. The average molecular weight is 242 g/mol. The zero-order valence-electron chi connectivity index (χ0n) is 9.55. The molecule has 0 unspecified atom stereocenters. The molecule has 0 heterocycles. The van der Waals surface area contributed by atoms with Crippen molar-refractivity contribution in [2.24, 2.45) is 5.92 Å². The van der Waals surface area contributed by atoms with E-state index in [9.17, 15) is 4.39 Å². The molecule has 1 fully saturated rings. The van der Waals surface area contributed by atoms with E-state index in [1.165, 1.54) is 25.0 Å². The summed E-state index contributed by atoms with van der Waals surface area (Å²) in [5, 5.41) is 0.536. The maximum Gasteiger partial charge on any atom is 0.124 e. The Bertz CT molecular complexity index is 363. The van der Waals surface area contributed by atoms with Gasteiger partial charge < -0.3 is 0 Å². The van der Waals surface area contributed by atoms with Crippen LogP contribution in [0.15, 0.2) is 18.2 Å². The third kappa shape index (κ3) is 3.19. The van der Waals surface area contributed by atoms with E-state index in [1.54, 1.807) is 6.07 Å². The highest BCUT2D eigenvalue weighted by Crippen LogP contribution is 2.30. The van der Waals surface area contributed by atoms with Crippen LogP contribution in [0.25, 0.3) is 0 Å². The Balaban J connectivity index is 1.99. The fraction of sp³-hybridized carbons (Fsp3) is 0.538. The minimum atomic E-state index is -0.265. The van der Waals surface area contributed by atoms with Crippen molar-refractivity contribution >= 4 is 11.6 Å². The van der Waals surface area contributed by atoms with E-state index in [0.29, 0.717) is 5.02 Å².